The van der Waals surface area contributed by atoms with Crippen LogP contribution in [0.1, 0.15) is 50.5 Å². The summed E-state index contributed by atoms with van der Waals surface area (Å²) >= 11 is 4.61. The van der Waals surface area contributed by atoms with Gasteiger partial charge in [0, 0.05) is 0 Å². The summed E-state index contributed by atoms with van der Waals surface area (Å²) < 4.78 is 6.62. The van der Waals surface area contributed by atoms with Gasteiger partial charge in [-0.25, -0.2) is 0 Å². The van der Waals surface area contributed by atoms with Gasteiger partial charge >= 0.3 is 232 Å². The molecule has 0 heterocycles. The van der Waals surface area contributed by atoms with Crippen LogP contribution in [-0.4, -0.2) is 6.61 Å². The van der Waals surface area contributed by atoms with Gasteiger partial charge in [-0.3, -0.25) is 0 Å². The molecule has 0 N–H and O–H groups in total. The van der Waals surface area contributed by atoms with E-state index < -0.39 is 5.31 Å². The van der Waals surface area contributed by atoms with Gasteiger partial charge < -0.3 is 0 Å². The van der Waals surface area contributed by atoms with Crippen LogP contribution in [0.25, 0.3) is 0 Å². The van der Waals surface area contributed by atoms with E-state index in [9.17, 15) is 0 Å². The fourth-order valence-corrected chi connectivity index (χ4v) is 13.4. The molecular weight excluding hydrogens is 547 g/mol. The topological polar surface area (TPSA) is 9.23 Å². The molecule has 1 nitrogen and oxygen atoms in total. The molecule has 0 aliphatic rings. The van der Waals surface area contributed by atoms with Crippen molar-refractivity contribution in [1.82, 2.24) is 0 Å². The van der Waals surface area contributed by atoms with Crippen LogP contribution in [0.3, 0.4) is 0 Å². The van der Waals surface area contributed by atoms with Crippen LogP contribution in [0.4, 0.5) is 0 Å². The molecule has 0 aromatic heterocycles. The second-order valence-electron chi connectivity index (χ2n) is 10.0. The molecular formula is C35H40BrOP. The average Bonchev–Trinajstić information content (AvgIpc) is 2.98. The minimum absolute atomic E-state index is 0.734. The van der Waals surface area contributed by atoms with Gasteiger partial charge in [0.1, 0.15) is 0 Å². The molecule has 4 aromatic rings. The van der Waals surface area contributed by atoms with Crippen molar-refractivity contribution in [2.45, 2.75) is 51.1 Å². The van der Waals surface area contributed by atoms with Crippen LogP contribution in [-0.2, 0) is 6.16 Å². The van der Waals surface area contributed by atoms with E-state index in [1.807, 2.05) is 6.08 Å². The number of halogens is 1. The Balaban J connectivity index is 1.70. The Labute approximate surface area is 237 Å². The summed E-state index contributed by atoms with van der Waals surface area (Å²) in [5, 5.41) is 0.724. The molecule has 0 bridgehead atoms. The minimum atomic E-state index is -3.15. The average molecular weight is 588 g/mol. The Morgan fingerprint density at radius 3 is 1.71 bits per heavy atom. The summed E-state index contributed by atoms with van der Waals surface area (Å²) in [6.45, 7) is 4.56. The van der Waals surface area contributed by atoms with Gasteiger partial charge in [0.2, 0.25) is 0 Å². The van der Waals surface area contributed by atoms with Crippen molar-refractivity contribution in [1.29, 1.82) is 0 Å². The first-order valence-corrected chi connectivity index (χ1v) is 18.3. The van der Waals surface area contributed by atoms with Crippen LogP contribution in [0.2, 0.25) is 0 Å². The fourth-order valence-electron chi connectivity index (χ4n) is 5.34. The summed E-state index contributed by atoms with van der Waals surface area (Å²) in [6, 6.07) is 41.5. The zero-order valence-electron chi connectivity index (χ0n) is 22.4. The predicted octanol–water partition coefficient (Wildman–Crippen LogP) is 9.32. The predicted molar refractivity (Wildman–Crippen MR) is 172 cm³/mol. The number of hydrogen-bond donors (Lipinski definition) is 0. The number of unbranched alkanes of at least 4 members (excludes halogenated alkanes) is 6. The number of ether oxygens (including phenoxy) is 1. The summed E-state index contributed by atoms with van der Waals surface area (Å²) in [7, 11) is 0. The van der Waals surface area contributed by atoms with E-state index in [0.29, 0.717) is 0 Å². The Bertz CT molecular complexity index is 1220. The second kappa shape index (κ2) is 13.9. The Morgan fingerprint density at radius 1 is 0.605 bits per heavy atom. The van der Waals surface area contributed by atoms with Crippen LogP contribution in [0, 0.1) is 0 Å². The summed E-state index contributed by atoms with van der Waals surface area (Å²) in [6.07, 6.45) is 11.4. The van der Waals surface area contributed by atoms with Crippen LogP contribution in [0.15, 0.2) is 128 Å². The van der Waals surface area contributed by atoms with Crippen LogP contribution >= 0.6 is 20.8 Å². The zero-order valence-corrected chi connectivity index (χ0v) is 24.8. The molecule has 0 saturated carbocycles. The number of benzene rings is 4. The molecule has 0 aliphatic heterocycles. The molecule has 0 amide bonds. The summed E-state index contributed by atoms with van der Waals surface area (Å²) in [5.41, 5.74) is 1.31. The molecule has 0 radical (unpaired) electrons. The van der Waals surface area contributed by atoms with E-state index in [2.05, 4.69) is 137 Å². The van der Waals surface area contributed by atoms with Crippen molar-refractivity contribution < 1.29 is 4.74 Å². The molecule has 0 fully saturated rings. The van der Waals surface area contributed by atoms with Gasteiger partial charge in [0.05, 0.1) is 0 Å². The first-order chi connectivity index (χ1) is 18.7. The fraction of sp³-hybridized carbons (Fsp3) is 0.257. The third kappa shape index (κ3) is 6.48. The molecule has 0 aliphatic carbocycles. The maximum atomic E-state index is 6.62. The van der Waals surface area contributed by atoms with Gasteiger partial charge in [-0.15, -0.1) is 6.58 Å². The van der Waals surface area contributed by atoms with E-state index in [1.54, 1.807) is 0 Å². The molecule has 4 rings (SSSR count). The molecule has 0 unspecified atom stereocenters. The van der Waals surface area contributed by atoms with Crippen molar-refractivity contribution in [2.75, 3.05) is 6.61 Å². The first-order valence-electron chi connectivity index (χ1n) is 13.9. The summed E-state index contributed by atoms with van der Waals surface area (Å²) in [4.78, 5) is 0. The second-order valence-corrected chi connectivity index (χ2v) is 18.9. The van der Waals surface area contributed by atoms with Crippen molar-refractivity contribution >= 4 is 36.7 Å². The van der Waals surface area contributed by atoms with Crippen molar-refractivity contribution in [2.24, 2.45) is 0 Å². The third-order valence-electron chi connectivity index (χ3n) is 7.34. The van der Waals surface area contributed by atoms with Crippen molar-refractivity contribution in [3.8, 4) is 5.75 Å². The molecule has 198 valence electrons. The van der Waals surface area contributed by atoms with E-state index >= 15 is 0 Å². The van der Waals surface area contributed by atoms with Crippen molar-refractivity contribution in [3.05, 3.63) is 133 Å². The van der Waals surface area contributed by atoms with Gasteiger partial charge in [-0.2, -0.15) is 0 Å². The molecule has 0 spiro atoms. The van der Waals surface area contributed by atoms with Crippen molar-refractivity contribution in [3.63, 3.8) is 0 Å². The zero-order chi connectivity index (χ0) is 26.5. The Morgan fingerprint density at radius 2 is 1.11 bits per heavy atom. The SMILES string of the molecule is C=CCCCCCCCCOc1ccccc1P(Br)(Cc1ccccc1)(c1ccccc1)c1ccccc1. The summed E-state index contributed by atoms with van der Waals surface area (Å²) in [5.74, 6) is 0.983. The molecule has 4 aromatic carbocycles. The van der Waals surface area contributed by atoms with Crippen LogP contribution < -0.4 is 20.7 Å². The standard InChI is InChI=1S/C35H40BrOP/c1-2-3-4-5-6-7-8-20-29-37-34-27-18-19-28-35(34)38(36,32-23-14-10-15-24-32,33-25-16-11-17-26-33)30-31-21-12-9-13-22-31/h2,9-19,21-28H,1,3-8,20,29-30H2. The van der Waals surface area contributed by atoms with Gasteiger partial charge in [0.25, 0.3) is 0 Å². The quantitative estimate of drug-likeness (QED) is 0.0765. The number of hydrogen-bond acceptors (Lipinski definition) is 1. The van der Waals surface area contributed by atoms with Gasteiger partial charge in [0.15, 0.2) is 0 Å². The van der Waals surface area contributed by atoms with E-state index in [1.165, 1.54) is 53.6 Å². The number of allylic oxidation sites excluding steroid dienone is 1. The maximum absolute atomic E-state index is 6.62. The van der Waals surface area contributed by atoms with E-state index in [0.717, 1.165) is 31.4 Å². The van der Waals surface area contributed by atoms with Gasteiger partial charge in [-0.05, 0) is 0 Å². The number of rotatable bonds is 15. The molecule has 0 saturated heterocycles. The third-order valence-corrected chi connectivity index (χ3v) is 16.8. The van der Waals surface area contributed by atoms with E-state index in [-0.39, 0.29) is 0 Å². The van der Waals surface area contributed by atoms with Gasteiger partial charge in [-0.1, -0.05) is 0 Å². The normalized spacial score (nSPS) is 12.4. The molecule has 3 heteroatoms. The Hall–Kier alpha value is -2.67. The monoisotopic (exact) mass is 586 g/mol. The van der Waals surface area contributed by atoms with Crippen LogP contribution in [0.5, 0.6) is 5.75 Å². The van der Waals surface area contributed by atoms with E-state index in [4.69, 9.17) is 4.74 Å². The molecule has 38 heavy (non-hydrogen) atoms. The first kappa shape index (κ1) is 28.3. The Kier molecular flexibility index (Phi) is 10.4. The molecule has 0 atom stereocenters. The number of para-hydroxylation sites is 1.